The van der Waals surface area contributed by atoms with Crippen LogP contribution in [0.1, 0.15) is 5.56 Å². The summed E-state index contributed by atoms with van der Waals surface area (Å²) >= 11 is 0. The molecule has 1 aliphatic rings. The average Bonchev–Trinajstić information content (AvgIpc) is 2.76. The van der Waals surface area contributed by atoms with Crippen molar-refractivity contribution in [2.45, 2.75) is 6.42 Å². The average molecular weight is 378 g/mol. The van der Waals surface area contributed by atoms with Gasteiger partial charge in [-0.3, -0.25) is 0 Å². The van der Waals surface area contributed by atoms with Gasteiger partial charge in [0.1, 0.15) is 29.6 Å². The van der Waals surface area contributed by atoms with Crippen molar-refractivity contribution in [3.8, 4) is 0 Å². The Morgan fingerprint density at radius 1 is 0.857 bits per heavy atom. The molecule has 1 N–H and O–H groups in total. The lowest BCUT2D eigenvalue weighted by Crippen LogP contribution is -2.47. The van der Waals surface area contributed by atoms with Crippen LogP contribution in [0.2, 0.25) is 0 Å². The highest BCUT2D eigenvalue weighted by molar-refractivity contribution is 5.50. The molecule has 0 saturated carbocycles. The summed E-state index contributed by atoms with van der Waals surface area (Å²) in [6, 6.07) is 14.8. The summed E-state index contributed by atoms with van der Waals surface area (Å²) in [5, 5.41) is 3.27. The second-order valence-electron chi connectivity index (χ2n) is 6.69. The molecule has 144 valence electrons. The maximum atomic E-state index is 13.7. The summed E-state index contributed by atoms with van der Waals surface area (Å²) < 4.78 is 13.7. The minimum atomic E-state index is -0.168. The third kappa shape index (κ3) is 4.36. The minimum Gasteiger partial charge on any atom is -0.370 e. The summed E-state index contributed by atoms with van der Waals surface area (Å²) in [5.41, 5.74) is 0.704. The first-order valence-corrected chi connectivity index (χ1v) is 9.50. The molecule has 1 fully saturated rings. The van der Waals surface area contributed by atoms with E-state index in [1.807, 2.05) is 42.6 Å². The van der Waals surface area contributed by atoms with Crippen LogP contribution >= 0.6 is 0 Å². The summed E-state index contributed by atoms with van der Waals surface area (Å²) in [6.45, 7) is 4.17. The predicted molar refractivity (Wildman–Crippen MR) is 109 cm³/mol. The minimum absolute atomic E-state index is 0.168. The molecule has 28 heavy (non-hydrogen) atoms. The van der Waals surface area contributed by atoms with E-state index < -0.39 is 0 Å². The Hall–Kier alpha value is -3.22. The van der Waals surface area contributed by atoms with Crippen LogP contribution in [0, 0.1) is 5.82 Å². The van der Waals surface area contributed by atoms with Gasteiger partial charge >= 0.3 is 0 Å². The molecule has 4 rings (SSSR count). The quantitative estimate of drug-likeness (QED) is 0.712. The van der Waals surface area contributed by atoms with Gasteiger partial charge in [0.2, 0.25) is 0 Å². The van der Waals surface area contributed by atoms with E-state index in [0.717, 1.165) is 43.6 Å². The van der Waals surface area contributed by atoms with Crippen LogP contribution in [-0.2, 0) is 6.42 Å². The zero-order valence-corrected chi connectivity index (χ0v) is 15.6. The van der Waals surface area contributed by atoms with Crippen LogP contribution in [0.3, 0.4) is 0 Å². The SMILES string of the molecule is Fc1ccccc1CCNc1cc(N2CCN(c3ccccn3)CC2)ncn1. The molecule has 0 amide bonds. The molecule has 0 unspecified atom stereocenters. The summed E-state index contributed by atoms with van der Waals surface area (Å²) in [7, 11) is 0. The monoisotopic (exact) mass is 378 g/mol. The number of hydrogen-bond acceptors (Lipinski definition) is 6. The van der Waals surface area contributed by atoms with Crippen LogP contribution in [0.5, 0.6) is 0 Å². The van der Waals surface area contributed by atoms with Crippen molar-refractivity contribution in [3.63, 3.8) is 0 Å². The van der Waals surface area contributed by atoms with Gasteiger partial charge in [0, 0.05) is 45.0 Å². The lowest BCUT2D eigenvalue weighted by atomic mass is 10.1. The zero-order chi connectivity index (χ0) is 19.2. The fourth-order valence-corrected chi connectivity index (χ4v) is 3.35. The molecule has 0 bridgehead atoms. The van der Waals surface area contributed by atoms with E-state index in [1.165, 1.54) is 6.07 Å². The number of rotatable bonds is 6. The number of anilines is 3. The van der Waals surface area contributed by atoms with Gasteiger partial charge in [-0.2, -0.15) is 0 Å². The smallest absolute Gasteiger partial charge is 0.134 e. The van der Waals surface area contributed by atoms with Crippen LogP contribution < -0.4 is 15.1 Å². The fraction of sp³-hybridized carbons (Fsp3) is 0.286. The number of hydrogen-bond donors (Lipinski definition) is 1. The fourth-order valence-electron chi connectivity index (χ4n) is 3.35. The molecule has 7 heteroatoms. The topological polar surface area (TPSA) is 57.2 Å². The Balaban J connectivity index is 1.32. The largest absolute Gasteiger partial charge is 0.370 e. The second-order valence-corrected chi connectivity index (χ2v) is 6.69. The van der Waals surface area contributed by atoms with Crippen molar-refractivity contribution in [1.82, 2.24) is 15.0 Å². The van der Waals surface area contributed by atoms with Gasteiger partial charge in [0.05, 0.1) is 0 Å². The Morgan fingerprint density at radius 3 is 2.36 bits per heavy atom. The highest BCUT2D eigenvalue weighted by atomic mass is 19.1. The van der Waals surface area contributed by atoms with E-state index in [0.29, 0.717) is 18.5 Å². The van der Waals surface area contributed by atoms with E-state index in [1.54, 1.807) is 12.4 Å². The molecule has 6 nitrogen and oxygen atoms in total. The number of pyridine rings is 1. The third-order valence-electron chi connectivity index (χ3n) is 4.89. The number of piperazine rings is 1. The van der Waals surface area contributed by atoms with Gasteiger partial charge in [-0.25, -0.2) is 19.3 Å². The molecular formula is C21H23FN6. The van der Waals surface area contributed by atoms with Crippen LogP contribution in [0.4, 0.5) is 21.8 Å². The number of aromatic nitrogens is 3. The Morgan fingerprint density at radius 2 is 1.61 bits per heavy atom. The molecule has 0 aliphatic carbocycles. The highest BCUT2D eigenvalue weighted by Crippen LogP contribution is 2.19. The molecule has 0 spiro atoms. The van der Waals surface area contributed by atoms with Gasteiger partial charge in [0.15, 0.2) is 0 Å². The molecule has 0 atom stereocenters. The molecular weight excluding hydrogens is 355 g/mol. The summed E-state index contributed by atoms with van der Waals surface area (Å²) in [5.74, 6) is 2.51. The first-order valence-electron chi connectivity index (χ1n) is 9.50. The third-order valence-corrected chi connectivity index (χ3v) is 4.89. The van der Waals surface area contributed by atoms with Crippen LogP contribution in [-0.4, -0.2) is 47.7 Å². The van der Waals surface area contributed by atoms with E-state index in [2.05, 4.69) is 30.1 Å². The van der Waals surface area contributed by atoms with Gasteiger partial charge in [-0.15, -0.1) is 0 Å². The Bertz CT molecular complexity index is 896. The van der Waals surface area contributed by atoms with Gasteiger partial charge in [-0.1, -0.05) is 24.3 Å². The second kappa shape index (κ2) is 8.65. The normalized spacial score (nSPS) is 14.2. The number of nitrogens with zero attached hydrogens (tertiary/aromatic N) is 5. The van der Waals surface area contributed by atoms with Crippen molar-refractivity contribution in [2.24, 2.45) is 0 Å². The molecule has 3 aromatic rings. The number of nitrogens with one attached hydrogen (secondary N) is 1. The predicted octanol–water partition coefficient (Wildman–Crippen LogP) is 2.99. The Labute approximate surface area is 164 Å². The van der Waals surface area contributed by atoms with Crippen molar-refractivity contribution in [1.29, 1.82) is 0 Å². The van der Waals surface area contributed by atoms with Crippen molar-refractivity contribution in [2.75, 3.05) is 47.8 Å². The summed E-state index contributed by atoms with van der Waals surface area (Å²) in [6.07, 6.45) is 4.01. The lowest BCUT2D eigenvalue weighted by molar-refractivity contribution is 0.610. The van der Waals surface area contributed by atoms with Crippen LogP contribution in [0.25, 0.3) is 0 Å². The van der Waals surface area contributed by atoms with Gasteiger partial charge < -0.3 is 15.1 Å². The summed E-state index contributed by atoms with van der Waals surface area (Å²) in [4.78, 5) is 17.7. The maximum absolute atomic E-state index is 13.7. The molecule has 1 aromatic carbocycles. The molecule has 3 heterocycles. The molecule has 1 aliphatic heterocycles. The highest BCUT2D eigenvalue weighted by Gasteiger charge is 2.19. The standard InChI is InChI=1S/C21H23FN6/c22-18-6-2-1-5-17(18)8-10-23-19-15-21(26-16-25-19)28-13-11-27(12-14-28)20-7-3-4-9-24-20/h1-7,9,15-16H,8,10-14H2,(H,23,25,26). The molecule has 1 saturated heterocycles. The van der Waals surface area contributed by atoms with Crippen molar-refractivity contribution >= 4 is 17.5 Å². The van der Waals surface area contributed by atoms with E-state index >= 15 is 0 Å². The van der Waals surface area contributed by atoms with Crippen molar-refractivity contribution in [3.05, 3.63) is 72.4 Å². The van der Waals surface area contributed by atoms with Crippen molar-refractivity contribution < 1.29 is 4.39 Å². The van der Waals surface area contributed by atoms with Crippen LogP contribution in [0.15, 0.2) is 61.1 Å². The molecule has 0 radical (unpaired) electrons. The zero-order valence-electron chi connectivity index (χ0n) is 15.6. The maximum Gasteiger partial charge on any atom is 0.134 e. The Kier molecular flexibility index (Phi) is 5.61. The lowest BCUT2D eigenvalue weighted by Gasteiger charge is -2.36. The molecule has 2 aromatic heterocycles. The van der Waals surface area contributed by atoms with E-state index in [-0.39, 0.29) is 5.82 Å². The number of benzene rings is 1. The first-order chi connectivity index (χ1) is 13.8. The van der Waals surface area contributed by atoms with E-state index in [4.69, 9.17) is 0 Å². The first kappa shape index (κ1) is 18.2. The van der Waals surface area contributed by atoms with Gasteiger partial charge in [-0.05, 0) is 30.2 Å². The number of halogens is 1. The van der Waals surface area contributed by atoms with E-state index in [9.17, 15) is 4.39 Å². The van der Waals surface area contributed by atoms with Gasteiger partial charge in [0.25, 0.3) is 0 Å².